The maximum absolute atomic E-state index is 5.97. The number of rotatable bonds is 4. The molecule has 3 N–H and O–H groups in total. The smallest absolute Gasteiger partial charge is 0.0315 e. The lowest BCUT2D eigenvalue weighted by molar-refractivity contribution is 0.195. The minimum Gasteiger partial charge on any atom is -0.271 e. The number of benzene rings is 1. The van der Waals surface area contributed by atoms with Gasteiger partial charge < -0.3 is 0 Å². The lowest BCUT2D eigenvalue weighted by atomic mass is 9.73. The quantitative estimate of drug-likeness (QED) is 0.652. The summed E-state index contributed by atoms with van der Waals surface area (Å²) in [6.45, 7) is 2.33. The van der Waals surface area contributed by atoms with E-state index in [-0.39, 0.29) is 0 Å². The summed E-state index contributed by atoms with van der Waals surface area (Å²) in [6.07, 6.45) is 6.82. The molecule has 0 aromatic heterocycles. The molecule has 4 atom stereocenters. The lowest BCUT2D eigenvalue weighted by Crippen LogP contribution is -2.46. The molecule has 0 amide bonds. The Hall–Kier alpha value is -0.510. The third-order valence-electron chi connectivity index (χ3n) is 5.27. The van der Waals surface area contributed by atoms with Crippen LogP contribution in [0.5, 0.6) is 0 Å². The van der Waals surface area contributed by atoms with Gasteiger partial charge >= 0.3 is 0 Å². The van der Waals surface area contributed by atoms with Crippen molar-refractivity contribution in [2.45, 2.75) is 55.9 Å². The van der Waals surface area contributed by atoms with Crippen LogP contribution in [0.15, 0.2) is 29.2 Å². The third-order valence-corrected chi connectivity index (χ3v) is 6.48. The molecule has 4 unspecified atom stereocenters. The van der Waals surface area contributed by atoms with Gasteiger partial charge in [0.15, 0.2) is 0 Å². The average Bonchev–Trinajstić information content (AvgIpc) is 2.93. The van der Waals surface area contributed by atoms with Crippen molar-refractivity contribution < 1.29 is 0 Å². The van der Waals surface area contributed by atoms with E-state index >= 15 is 0 Å². The highest BCUT2D eigenvalue weighted by Crippen LogP contribution is 2.45. The number of fused-ring (bicyclic) bond motifs is 1. The zero-order valence-corrected chi connectivity index (χ0v) is 13.2. The maximum Gasteiger partial charge on any atom is 0.0315 e. The van der Waals surface area contributed by atoms with E-state index in [0.29, 0.717) is 12.0 Å². The molecule has 2 nitrogen and oxygen atoms in total. The van der Waals surface area contributed by atoms with Crippen LogP contribution in [0.1, 0.15) is 50.5 Å². The molecule has 3 rings (SSSR count). The van der Waals surface area contributed by atoms with Gasteiger partial charge in [-0.25, -0.2) is 0 Å². The second-order valence-corrected chi connectivity index (χ2v) is 7.41. The van der Waals surface area contributed by atoms with Crippen LogP contribution >= 0.6 is 11.8 Å². The molecular formula is C17H26N2S. The van der Waals surface area contributed by atoms with Crippen LogP contribution in [0.25, 0.3) is 0 Å². The average molecular weight is 290 g/mol. The van der Waals surface area contributed by atoms with Crippen LogP contribution in [-0.2, 0) is 0 Å². The summed E-state index contributed by atoms with van der Waals surface area (Å²) in [6, 6.07) is 9.31. The second kappa shape index (κ2) is 6.50. The molecule has 1 heterocycles. The fraction of sp³-hybridized carbons (Fsp3) is 0.647. The van der Waals surface area contributed by atoms with Crippen LogP contribution in [-0.4, -0.2) is 11.8 Å². The van der Waals surface area contributed by atoms with E-state index < -0.39 is 0 Å². The van der Waals surface area contributed by atoms with E-state index in [1.165, 1.54) is 48.3 Å². The molecule has 2 aliphatic rings. The van der Waals surface area contributed by atoms with Crippen LogP contribution in [0.4, 0.5) is 0 Å². The van der Waals surface area contributed by atoms with Crippen LogP contribution in [0, 0.1) is 11.8 Å². The molecule has 1 saturated carbocycles. The van der Waals surface area contributed by atoms with Gasteiger partial charge in [-0.1, -0.05) is 44.4 Å². The van der Waals surface area contributed by atoms with E-state index in [2.05, 4.69) is 36.6 Å². The highest BCUT2D eigenvalue weighted by Gasteiger charge is 2.36. The summed E-state index contributed by atoms with van der Waals surface area (Å²) in [5, 5.41) is 0. The number of nitrogens with two attached hydrogens (primary N) is 1. The highest BCUT2D eigenvalue weighted by molar-refractivity contribution is 7.99. The fourth-order valence-electron chi connectivity index (χ4n) is 4.10. The standard InChI is InChI=1S/C17H26N2S/c1-2-12-6-5-7-13(10-12)17(19-18)15-11-20-16-9-4-3-8-14(15)16/h3-4,8-9,12-13,15,17,19H,2,5-7,10-11,18H2,1H3. The molecule has 0 spiro atoms. The van der Waals surface area contributed by atoms with E-state index in [4.69, 9.17) is 5.84 Å². The minimum absolute atomic E-state index is 0.445. The Bertz CT molecular complexity index is 448. The predicted molar refractivity (Wildman–Crippen MR) is 86.8 cm³/mol. The largest absolute Gasteiger partial charge is 0.271 e. The summed E-state index contributed by atoms with van der Waals surface area (Å²) >= 11 is 1.99. The van der Waals surface area contributed by atoms with Crippen LogP contribution < -0.4 is 11.3 Å². The van der Waals surface area contributed by atoms with E-state index in [0.717, 1.165) is 11.8 Å². The van der Waals surface area contributed by atoms with Crippen LogP contribution in [0.3, 0.4) is 0 Å². The van der Waals surface area contributed by atoms with Gasteiger partial charge in [-0.05, 0) is 36.3 Å². The Morgan fingerprint density at radius 3 is 3.00 bits per heavy atom. The predicted octanol–water partition coefficient (Wildman–Crippen LogP) is 3.92. The maximum atomic E-state index is 5.97. The van der Waals surface area contributed by atoms with Crippen molar-refractivity contribution in [2.75, 3.05) is 5.75 Å². The van der Waals surface area contributed by atoms with Gasteiger partial charge in [0.05, 0.1) is 0 Å². The number of thioether (sulfide) groups is 1. The van der Waals surface area contributed by atoms with Gasteiger partial charge in [0.1, 0.15) is 0 Å². The number of hydrazine groups is 1. The van der Waals surface area contributed by atoms with Crippen molar-refractivity contribution in [3.05, 3.63) is 29.8 Å². The van der Waals surface area contributed by atoms with Gasteiger partial charge in [-0.15, -0.1) is 11.8 Å². The molecule has 1 fully saturated rings. The van der Waals surface area contributed by atoms with E-state index in [1.54, 1.807) is 0 Å². The second-order valence-electron chi connectivity index (χ2n) is 6.35. The van der Waals surface area contributed by atoms with Gasteiger partial charge in [0, 0.05) is 22.6 Å². The van der Waals surface area contributed by atoms with Crippen molar-refractivity contribution in [1.29, 1.82) is 0 Å². The summed E-state index contributed by atoms with van der Waals surface area (Å²) < 4.78 is 0. The molecule has 0 saturated heterocycles. The normalized spacial score (nSPS) is 31.0. The van der Waals surface area contributed by atoms with Crippen LogP contribution in [0.2, 0.25) is 0 Å². The summed E-state index contributed by atoms with van der Waals surface area (Å²) in [5.74, 6) is 9.39. The molecule has 0 bridgehead atoms. The fourth-order valence-corrected chi connectivity index (χ4v) is 5.40. The van der Waals surface area contributed by atoms with E-state index in [9.17, 15) is 0 Å². The van der Waals surface area contributed by atoms with Crippen molar-refractivity contribution in [1.82, 2.24) is 5.43 Å². The van der Waals surface area contributed by atoms with Gasteiger partial charge in [-0.3, -0.25) is 11.3 Å². The zero-order chi connectivity index (χ0) is 13.9. The Labute approximate surface area is 126 Å². The zero-order valence-electron chi connectivity index (χ0n) is 12.3. The first-order chi connectivity index (χ1) is 9.83. The topological polar surface area (TPSA) is 38.0 Å². The molecule has 1 aliphatic heterocycles. The lowest BCUT2D eigenvalue weighted by Gasteiger charge is -2.37. The first kappa shape index (κ1) is 14.4. The summed E-state index contributed by atoms with van der Waals surface area (Å²) in [5.41, 5.74) is 4.70. The Morgan fingerprint density at radius 1 is 1.35 bits per heavy atom. The van der Waals surface area contributed by atoms with Crippen molar-refractivity contribution in [3.63, 3.8) is 0 Å². The van der Waals surface area contributed by atoms with Crippen molar-refractivity contribution in [3.8, 4) is 0 Å². The van der Waals surface area contributed by atoms with Crippen molar-refractivity contribution in [2.24, 2.45) is 17.7 Å². The number of hydrogen-bond donors (Lipinski definition) is 2. The highest BCUT2D eigenvalue weighted by atomic mass is 32.2. The summed E-state index contributed by atoms with van der Waals surface area (Å²) in [4.78, 5) is 1.46. The molecular weight excluding hydrogens is 264 g/mol. The van der Waals surface area contributed by atoms with Gasteiger partial charge in [-0.2, -0.15) is 0 Å². The Balaban J connectivity index is 1.77. The molecule has 3 heteroatoms. The Kier molecular flexibility index (Phi) is 4.69. The molecule has 1 aromatic carbocycles. The molecule has 1 aromatic rings. The first-order valence-electron chi connectivity index (χ1n) is 8.01. The molecule has 0 radical (unpaired) electrons. The van der Waals surface area contributed by atoms with Gasteiger partial charge in [0.2, 0.25) is 0 Å². The number of nitrogens with one attached hydrogen (secondary N) is 1. The monoisotopic (exact) mass is 290 g/mol. The molecule has 110 valence electrons. The summed E-state index contributed by atoms with van der Waals surface area (Å²) in [7, 11) is 0. The van der Waals surface area contributed by atoms with E-state index in [1.807, 2.05) is 11.8 Å². The SMILES string of the molecule is CCC1CCCC(C(NN)C2CSc3ccccc32)C1. The molecule has 20 heavy (non-hydrogen) atoms. The Morgan fingerprint density at radius 2 is 2.20 bits per heavy atom. The van der Waals surface area contributed by atoms with Gasteiger partial charge in [0.25, 0.3) is 0 Å². The third kappa shape index (κ3) is 2.76. The first-order valence-corrected chi connectivity index (χ1v) is 9.00. The number of hydrogen-bond acceptors (Lipinski definition) is 3. The van der Waals surface area contributed by atoms with Crippen molar-refractivity contribution >= 4 is 11.8 Å². The molecule has 1 aliphatic carbocycles. The minimum atomic E-state index is 0.445.